The number of hydrogen-bond donors (Lipinski definition) is 0. The molecule has 0 atom stereocenters. The fraction of sp³-hybridized carbons (Fsp3) is 0.353. The van der Waals surface area contributed by atoms with Gasteiger partial charge in [-0.05, 0) is 25.1 Å². The Morgan fingerprint density at radius 3 is 2.50 bits per heavy atom. The Labute approximate surface area is 156 Å². The first kappa shape index (κ1) is 18.8. The molecule has 1 saturated heterocycles. The lowest BCUT2D eigenvalue weighted by Crippen LogP contribution is -2.40. The lowest BCUT2D eigenvalue weighted by atomic mass is 10.3. The van der Waals surface area contributed by atoms with Gasteiger partial charge < -0.3 is 14.2 Å². The van der Waals surface area contributed by atoms with Crippen molar-refractivity contribution >= 4 is 27.3 Å². The zero-order chi connectivity index (χ0) is 18.7. The van der Waals surface area contributed by atoms with Gasteiger partial charge >= 0.3 is 5.97 Å². The van der Waals surface area contributed by atoms with Gasteiger partial charge in [-0.15, -0.1) is 11.3 Å². The summed E-state index contributed by atoms with van der Waals surface area (Å²) in [6.07, 6.45) is 0. The minimum absolute atomic E-state index is 0.136. The Bertz CT molecular complexity index is 900. The molecule has 1 fully saturated rings. The van der Waals surface area contributed by atoms with Crippen molar-refractivity contribution in [3.05, 3.63) is 40.1 Å². The third kappa shape index (κ3) is 3.75. The van der Waals surface area contributed by atoms with E-state index < -0.39 is 16.0 Å². The van der Waals surface area contributed by atoms with E-state index in [-0.39, 0.29) is 15.5 Å². The van der Waals surface area contributed by atoms with Crippen LogP contribution in [0.25, 0.3) is 0 Å². The number of carbonyl (C=O) groups is 1. The van der Waals surface area contributed by atoms with Crippen molar-refractivity contribution in [3.8, 4) is 11.5 Å². The number of nitrogens with zero attached hydrogens (tertiary/aromatic N) is 1. The molecule has 2 heterocycles. The van der Waals surface area contributed by atoms with Crippen molar-refractivity contribution in [3.63, 3.8) is 0 Å². The number of para-hydroxylation sites is 2. The van der Waals surface area contributed by atoms with Gasteiger partial charge in [-0.3, -0.25) is 0 Å². The fourth-order valence-corrected chi connectivity index (χ4v) is 5.45. The molecule has 9 heteroatoms. The van der Waals surface area contributed by atoms with E-state index in [1.165, 1.54) is 17.5 Å². The van der Waals surface area contributed by atoms with Crippen LogP contribution in [0.2, 0.25) is 0 Å². The molecule has 0 unspecified atom stereocenters. The minimum atomic E-state index is -3.66. The third-order valence-electron chi connectivity index (χ3n) is 3.93. The molecular formula is C17H19NO6S2. The van der Waals surface area contributed by atoms with E-state index in [0.717, 1.165) is 11.3 Å². The van der Waals surface area contributed by atoms with Crippen LogP contribution in [0, 0.1) is 6.92 Å². The second-order valence-electron chi connectivity index (χ2n) is 5.59. The van der Waals surface area contributed by atoms with Gasteiger partial charge in [-0.2, -0.15) is 4.31 Å². The lowest BCUT2D eigenvalue weighted by molar-refractivity contribution is 0.0728. The molecule has 0 spiro atoms. The van der Waals surface area contributed by atoms with Crippen LogP contribution in [-0.4, -0.2) is 52.1 Å². The van der Waals surface area contributed by atoms with E-state index in [2.05, 4.69) is 0 Å². The van der Waals surface area contributed by atoms with Crippen LogP contribution in [-0.2, 0) is 14.8 Å². The highest BCUT2D eigenvalue weighted by Crippen LogP contribution is 2.31. The first-order chi connectivity index (χ1) is 12.4. The monoisotopic (exact) mass is 397 g/mol. The van der Waals surface area contributed by atoms with E-state index in [9.17, 15) is 13.2 Å². The van der Waals surface area contributed by atoms with Crippen LogP contribution in [0.5, 0.6) is 11.5 Å². The van der Waals surface area contributed by atoms with Gasteiger partial charge in [-0.25, -0.2) is 13.2 Å². The Hall–Kier alpha value is -1.94. The number of morpholine rings is 1. The molecule has 2 aromatic rings. The van der Waals surface area contributed by atoms with Crippen molar-refractivity contribution in [2.24, 2.45) is 0 Å². The molecule has 0 radical (unpaired) electrons. The highest BCUT2D eigenvalue weighted by Gasteiger charge is 2.30. The summed E-state index contributed by atoms with van der Waals surface area (Å²) in [6.45, 7) is 3.02. The van der Waals surface area contributed by atoms with Crippen molar-refractivity contribution < 1.29 is 27.4 Å². The third-order valence-corrected chi connectivity index (χ3v) is 7.12. The van der Waals surface area contributed by atoms with Gasteiger partial charge in [0.2, 0.25) is 10.0 Å². The average molecular weight is 397 g/mol. The van der Waals surface area contributed by atoms with Crippen molar-refractivity contribution in [2.45, 2.75) is 11.8 Å². The Morgan fingerprint density at radius 2 is 1.85 bits per heavy atom. The molecular weight excluding hydrogens is 378 g/mol. The SMILES string of the molecule is COc1ccccc1OC(=O)c1cc(S(=O)(=O)N2CCOCC2)c(C)s1. The van der Waals surface area contributed by atoms with E-state index >= 15 is 0 Å². The summed E-state index contributed by atoms with van der Waals surface area (Å²) in [5.41, 5.74) is 0. The van der Waals surface area contributed by atoms with Crippen molar-refractivity contribution in [1.82, 2.24) is 4.31 Å². The molecule has 1 aromatic carbocycles. The van der Waals surface area contributed by atoms with Crippen LogP contribution in [0.1, 0.15) is 14.5 Å². The smallest absolute Gasteiger partial charge is 0.353 e. The normalized spacial score (nSPS) is 15.6. The molecule has 0 N–H and O–H groups in total. The summed E-state index contributed by atoms with van der Waals surface area (Å²) in [5, 5.41) is 0. The van der Waals surface area contributed by atoms with E-state index in [1.807, 2.05) is 0 Å². The van der Waals surface area contributed by atoms with Crippen molar-refractivity contribution in [2.75, 3.05) is 33.4 Å². The first-order valence-electron chi connectivity index (χ1n) is 7.97. The molecule has 0 amide bonds. The predicted molar refractivity (Wildman–Crippen MR) is 96.6 cm³/mol. The van der Waals surface area contributed by atoms with Gasteiger partial charge in [0.25, 0.3) is 0 Å². The maximum Gasteiger partial charge on any atom is 0.353 e. The second-order valence-corrected chi connectivity index (χ2v) is 8.75. The number of hydrogen-bond acceptors (Lipinski definition) is 7. The molecule has 140 valence electrons. The lowest BCUT2D eigenvalue weighted by Gasteiger charge is -2.25. The molecule has 1 aliphatic rings. The van der Waals surface area contributed by atoms with Gasteiger partial charge in [0.05, 0.1) is 25.2 Å². The van der Waals surface area contributed by atoms with E-state index in [4.69, 9.17) is 14.2 Å². The summed E-state index contributed by atoms with van der Waals surface area (Å²) in [5.74, 6) is 0.0879. The highest BCUT2D eigenvalue weighted by atomic mass is 32.2. The molecule has 7 nitrogen and oxygen atoms in total. The maximum absolute atomic E-state index is 12.8. The number of carbonyl (C=O) groups excluding carboxylic acids is 1. The van der Waals surface area contributed by atoms with Crippen LogP contribution in [0.3, 0.4) is 0 Å². The van der Waals surface area contributed by atoms with Gasteiger partial charge in [-0.1, -0.05) is 12.1 Å². The largest absolute Gasteiger partial charge is 0.493 e. The number of aryl methyl sites for hydroxylation is 1. The van der Waals surface area contributed by atoms with Crippen LogP contribution < -0.4 is 9.47 Å². The number of rotatable bonds is 5. The molecule has 0 aliphatic carbocycles. The topological polar surface area (TPSA) is 82.1 Å². The van der Waals surface area contributed by atoms with Gasteiger partial charge in [0.1, 0.15) is 4.88 Å². The summed E-state index contributed by atoms with van der Waals surface area (Å²) in [7, 11) is -2.18. The summed E-state index contributed by atoms with van der Waals surface area (Å²) in [6, 6.07) is 8.15. The van der Waals surface area contributed by atoms with Crippen LogP contribution in [0.4, 0.5) is 0 Å². The number of ether oxygens (including phenoxy) is 3. The molecule has 1 aliphatic heterocycles. The standard InChI is InChI=1S/C17H19NO6S2/c1-12-16(26(20,21)18-7-9-23-10-8-18)11-15(25-12)17(19)24-14-6-4-3-5-13(14)22-2/h3-6,11H,7-10H2,1-2H3. The molecule has 3 rings (SSSR count). The number of sulfonamides is 1. The number of benzene rings is 1. The quantitative estimate of drug-likeness (QED) is 0.569. The Balaban J connectivity index is 1.84. The first-order valence-corrected chi connectivity index (χ1v) is 10.2. The molecule has 26 heavy (non-hydrogen) atoms. The summed E-state index contributed by atoms with van der Waals surface area (Å²) >= 11 is 1.09. The average Bonchev–Trinajstić information content (AvgIpc) is 3.05. The molecule has 1 aromatic heterocycles. The van der Waals surface area contributed by atoms with Crippen LogP contribution in [0.15, 0.2) is 35.2 Å². The van der Waals surface area contributed by atoms with Gasteiger partial charge in [0.15, 0.2) is 11.5 Å². The van der Waals surface area contributed by atoms with E-state index in [1.54, 1.807) is 31.2 Å². The Morgan fingerprint density at radius 1 is 1.19 bits per heavy atom. The fourth-order valence-electron chi connectivity index (χ4n) is 2.60. The second kappa shape index (κ2) is 7.75. The number of thiophene rings is 1. The highest BCUT2D eigenvalue weighted by molar-refractivity contribution is 7.89. The zero-order valence-corrected chi connectivity index (χ0v) is 16.1. The Kier molecular flexibility index (Phi) is 5.61. The van der Waals surface area contributed by atoms with Crippen molar-refractivity contribution in [1.29, 1.82) is 0 Å². The van der Waals surface area contributed by atoms with Gasteiger partial charge in [0, 0.05) is 18.0 Å². The molecule has 0 bridgehead atoms. The zero-order valence-electron chi connectivity index (χ0n) is 14.4. The van der Waals surface area contributed by atoms with Crippen LogP contribution >= 0.6 is 11.3 Å². The summed E-state index contributed by atoms with van der Waals surface area (Å²) < 4.78 is 42.7. The predicted octanol–water partition coefficient (Wildman–Crippen LogP) is 2.31. The summed E-state index contributed by atoms with van der Waals surface area (Å²) in [4.78, 5) is 13.4. The number of esters is 1. The molecule has 0 saturated carbocycles. The minimum Gasteiger partial charge on any atom is -0.493 e. The maximum atomic E-state index is 12.8. The number of methoxy groups -OCH3 is 1. The van der Waals surface area contributed by atoms with E-state index in [0.29, 0.717) is 36.9 Å².